The van der Waals surface area contributed by atoms with Gasteiger partial charge in [-0.2, -0.15) is 0 Å². The van der Waals surface area contributed by atoms with Crippen LogP contribution in [0.4, 0.5) is 4.39 Å². The van der Waals surface area contributed by atoms with E-state index < -0.39 is 0 Å². The van der Waals surface area contributed by atoms with Crippen molar-refractivity contribution >= 4 is 27.5 Å². The van der Waals surface area contributed by atoms with Crippen molar-refractivity contribution in [3.05, 3.63) is 45.5 Å². The fraction of sp³-hybridized carbons (Fsp3) is 0.0909. The zero-order chi connectivity index (χ0) is 11.7. The highest BCUT2D eigenvalue weighted by Gasteiger charge is 2.13. The van der Waals surface area contributed by atoms with Crippen molar-refractivity contribution in [3.8, 4) is 11.3 Å². The second-order valence-corrected chi connectivity index (χ2v) is 4.45. The van der Waals surface area contributed by atoms with Crippen LogP contribution in [0.2, 0.25) is 5.15 Å². The highest BCUT2D eigenvalue weighted by atomic mass is 79.9. The second-order valence-electron chi connectivity index (χ2n) is 3.24. The average Bonchev–Trinajstić information content (AvgIpc) is 2.27. The predicted molar refractivity (Wildman–Crippen MR) is 64.9 cm³/mol. The van der Waals surface area contributed by atoms with Crippen LogP contribution in [0.3, 0.4) is 0 Å². The summed E-state index contributed by atoms with van der Waals surface area (Å²) in [6.45, 7) is 1.76. The lowest BCUT2D eigenvalue weighted by atomic mass is 10.1. The van der Waals surface area contributed by atoms with Crippen LogP contribution in [0.15, 0.2) is 29.0 Å². The molecular weight excluding hydrogens is 294 g/mol. The Morgan fingerprint density at radius 3 is 2.81 bits per heavy atom. The van der Waals surface area contributed by atoms with E-state index in [1.165, 1.54) is 6.33 Å². The lowest BCUT2D eigenvalue weighted by Crippen LogP contribution is -1.94. The molecule has 0 radical (unpaired) electrons. The first kappa shape index (κ1) is 11.5. The Hall–Kier alpha value is -1.000. The fourth-order valence-corrected chi connectivity index (χ4v) is 1.89. The van der Waals surface area contributed by atoms with Gasteiger partial charge in [0.15, 0.2) is 0 Å². The van der Waals surface area contributed by atoms with Crippen molar-refractivity contribution in [2.75, 3.05) is 0 Å². The summed E-state index contributed by atoms with van der Waals surface area (Å²) in [4.78, 5) is 7.89. The summed E-state index contributed by atoms with van der Waals surface area (Å²) in [6.07, 6.45) is 1.32. The number of rotatable bonds is 1. The summed E-state index contributed by atoms with van der Waals surface area (Å²) in [5.41, 5.74) is 1.59. The van der Waals surface area contributed by atoms with Gasteiger partial charge in [0.2, 0.25) is 0 Å². The van der Waals surface area contributed by atoms with Gasteiger partial charge in [0, 0.05) is 11.1 Å². The molecule has 0 saturated carbocycles. The lowest BCUT2D eigenvalue weighted by Gasteiger charge is -2.07. The Morgan fingerprint density at radius 1 is 1.31 bits per heavy atom. The molecule has 2 rings (SSSR count). The minimum Gasteiger partial charge on any atom is -0.236 e. The number of hydrogen-bond acceptors (Lipinski definition) is 2. The van der Waals surface area contributed by atoms with Gasteiger partial charge in [0.25, 0.3) is 0 Å². The maximum Gasteiger partial charge on any atom is 0.146 e. The Morgan fingerprint density at radius 2 is 2.06 bits per heavy atom. The fourth-order valence-electron chi connectivity index (χ4n) is 1.39. The summed E-state index contributed by atoms with van der Waals surface area (Å²) in [5, 5.41) is 0.337. The zero-order valence-electron chi connectivity index (χ0n) is 8.34. The van der Waals surface area contributed by atoms with Crippen LogP contribution < -0.4 is 0 Å². The van der Waals surface area contributed by atoms with Crippen molar-refractivity contribution in [1.29, 1.82) is 0 Å². The molecule has 0 bridgehead atoms. The van der Waals surface area contributed by atoms with Gasteiger partial charge in [0.05, 0.1) is 10.2 Å². The monoisotopic (exact) mass is 300 g/mol. The molecule has 0 atom stereocenters. The molecule has 0 aliphatic heterocycles. The predicted octanol–water partition coefficient (Wildman–Crippen LogP) is 4.01. The topological polar surface area (TPSA) is 25.8 Å². The Labute approximate surface area is 106 Å². The minimum atomic E-state index is -0.347. The first-order valence-electron chi connectivity index (χ1n) is 4.52. The molecule has 0 amide bonds. The van der Waals surface area contributed by atoms with E-state index in [9.17, 15) is 4.39 Å². The molecule has 1 aromatic heterocycles. The molecule has 1 heterocycles. The molecule has 0 N–H and O–H groups in total. The first-order chi connectivity index (χ1) is 7.61. The number of hydrogen-bond donors (Lipinski definition) is 0. The molecule has 5 heteroatoms. The second kappa shape index (κ2) is 4.47. The van der Waals surface area contributed by atoms with Gasteiger partial charge >= 0.3 is 0 Å². The number of benzene rings is 1. The minimum absolute atomic E-state index is 0.337. The van der Waals surface area contributed by atoms with E-state index in [0.717, 1.165) is 0 Å². The summed E-state index contributed by atoms with van der Waals surface area (Å²) in [7, 11) is 0. The molecule has 0 aliphatic carbocycles. The molecule has 1 aromatic carbocycles. The van der Waals surface area contributed by atoms with E-state index in [0.29, 0.717) is 26.4 Å². The molecule has 0 spiro atoms. The highest BCUT2D eigenvalue weighted by Crippen LogP contribution is 2.30. The van der Waals surface area contributed by atoms with Crippen LogP contribution in [0, 0.1) is 12.7 Å². The molecule has 0 saturated heterocycles. The molecule has 2 aromatic rings. The zero-order valence-corrected chi connectivity index (χ0v) is 10.7. The van der Waals surface area contributed by atoms with Crippen LogP contribution in [-0.2, 0) is 0 Å². The molecular formula is C11H7BrClFN2. The maximum absolute atomic E-state index is 13.8. The van der Waals surface area contributed by atoms with Crippen molar-refractivity contribution in [3.63, 3.8) is 0 Å². The van der Waals surface area contributed by atoms with E-state index in [1.54, 1.807) is 25.1 Å². The van der Waals surface area contributed by atoms with E-state index in [1.807, 2.05) is 0 Å². The molecule has 0 fully saturated rings. The average molecular weight is 302 g/mol. The van der Waals surface area contributed by atoms with E-state index in [4.69, 9.17) is 11.6 Å². The largest absolute Gasteiger partial charge is 0.236 e. The summed E-state index contributed by atoms with van der Waals surface area (Å²) in [5.74, 6) is -0.347. The molecule has 82 valence electrons. The van der Waals surface area contributed by atoms with Crippen molar-refractivity contribution in [2.24, 2.45) is 0 Å². The van der Waals surface area contributed by atoms with E-state index in [-0.39, 0.29) is 5.82 Å². The van der Waals surface area contributed by atoms with Gasteiger partial charge < -0.3 is 0 Å². The maximum atomic E-state index is 13.8. The Kier molecular flexibility index (Phi) is 3.21. The first-order valence-corrected chi connectivity index (χ1v) is 5.70. The van der Waals surface area contributed by atoms with Crippen LogP contribution in [-0.4, -0.2) is 9.97 Å². The van der Waals surface area contributed by atoms with Crippen molar-refractivity contribution in [1.82, 2.24) is 9.97 Å². The Bertz CT molecular complexity index is 496. The summed E-state index contributed by atoms with van der Waals surface area (Å²) < 4.78 is 14.3. The third kappa shape index (κ3) is 1.95. The summed E-state index contributed by atoms with van der Waals surface area (Å²) >= 11 is 9.01. The number of aromatic nitrogens is 2. The molecule has 0 aliphatic rings. The van der Waals surface area contributed by atoms with Crippen molar-refractivity contribution < 1.29 is 4.39 Å². The van der Waals surface area contributed by atoms with Crippen LogP contribution >= 0.6 is 27.5 Å². The third-order valence-corrected chi connectivity index (χ3v) is 3.22. The highest BCUT2D eigenvalue weighted by molar-refractivity contribution is 9.10. The van der Waals surface area contributed by atoms with Crippen LogP contribution in [0.1, 0.15) is 5.56 Å². The van der Waals surface area contributed by atoms with Gasteiger partial charge in [-0.15, -0.1) is 0 Å². The standard InChI is InChI=1S/C11H7BrClFN2/c1-6-10(15-5-16-11(6)13)7-3-2-4-8(12)9(7)14/h2-5H,1H3. The van der Waals surface area contributed by atoms with Gasteiger partial charge in [-0.05, 0) is 35.0 Å². The molecule has 0 unspecified atom stereocenters. The van der Waals surface area contributed by atoms with E-state index >= 15 is 0 Å². The smallest absolute Gasteiger partial charge is 0.146 e. The lowest BCUT2D eigenvalue weighted by molar-refractivity contribution is 0.624. The normalized spacial score (nSPS) is 10.5. The number of halogens is 3. The molecule has 2 nitrogen and oxygen atoms in total. The SMILES string of the molecule is Cc1c(Cl)ncnc1-c1cccc(Br)c1F. The third-order valence-electron chi connectivity index (χ3n) is 2.23. The van der Waals surface area contributed by atoms with Crippen LogP contribution in [0.25, 0.3) is 11.3 Å². The quantitative estimate of drug-likeness (QED) is 0.744. The molecule has 16 heavy (non-hydrogen) atoms. The van der Waals surface area contributed by atoms with Crippen molar-refractivity contribution in [2.45, 2.75) is 6.92 Å². The summed E-state index contributed by atoms with van der Waals surface area (Å²) in [6, 6.07) is 5.04. The van der Waals surface area contributed by atoms with Gasteiger partial charge in [-0.1, -0.05) is 17.7 Å². The van der Waals surface area contributed by atoms with Gasteiger partial charge in [0.1, 0.15) is 17.3 Å². The van der Waals surface area contributed by atoms with Gasteiger partial charge in [-0.3, -0.25) is 0 Å². The Balaban J connectivity index is 2.68. The van der Waals surface area contributed by atoms with Crippen LogP contribution in [0.5, 0.6) is 0 Å². The van der Waals surface area contributed by atoms with E-state index in [2.05, 4.69) is 25.9 Å². The van der Waals surface area contributed by atoms with Gasteiger partial charge in [-0.25, -0.2) is 14.4 Å². The number of nitrogens with zero attached hydrogens (tertiary/aromatic N) is 2.